The lowest BCUT2D eigenvalue weighted by Crippen LogP contribution is -2.69. The third kappa shape index (κ3) is 3.55. The highest BCUT2D eigenvalue weighted by molar-refractivity contribution is 6.10. The summed E-state index contributed by atoms with van der Waals surface area (Å²) in [6, 6.07) is 1.94. The highest BCUT2D eigenvalue weighted by atomic mass is 19.4. The van der Waals surface area contributed by atoms with Gasteiger partial charge in [0.05, 0.1) is 0 Å². The second-order valence-electron chi connectivity index (χ2n) is 6.96. The van der Waals surface area contributed by atoms with Gasteiger partial charge in [-0.25, -0.2) is 9.18 Å². The van der Waals surface area contributed by atoms with Gasteiger partial charge in [-0.1, -0.05) is 25.7 Å². The minimum atomic E-state index is -5.27. The van der Waals surface area contributed by atoms with Crippen LogP contribution >= 0.6 is 0 Å². The molecule has 6 nitrogen and oxygen atoms in total. The van der Waals surface area contributed by atoms with Crippen molar-refractivity contribution in [3.8, 4) is 0 Å². The second-order valence-corrected chi connectivity index (χ2v) is 6.96. The number of carbonyl (C=O) groups is 3. The summed E-state index contributed by atoms with van der Waals surface area (Å²) < 4.78 is 54.6. The average molecular weight is 401 g/mol. The summed E-state index contributed by atoms with van der Waals surface area (Å²) in [6.45, 7) is 0. The number of rotatable bonds is 3. The van der Waals surface area contributed by atoms with E-state index < -0.39 is 41.5 Å². The van der Waals surface area contributed by atoms with E-state index in [1.54, 1.807) is 10.6 Å². The number of carbonyl (C=O) groups excluding carboxylic acids is 3. The van der Waals surface area contributed by atoms with Crippen molar-refractivity contribution in [1.82, 2.24) is 15.5 Å². The zero-order chi connectivity index (χ0) is 20.5. The number of alkyl halides is 3. The van der Waals surface area contributed by atoms with Crippen molar-refractivity contribution < 1.29 is 31.9 Å². The zero-order valence-corrected chi connectivity index (χ0v) is 14.8. The molecule has 1 atom stereocenters. The lowest BCUT2D eigenvalue weighted by molar-refractivity contribution is -0.200. The maximum Gasteiger partial charge on any atom is 0.440 e. The number of benzene rings is 1. The number of amides is 4. The van der Waals surface area contributed by atoms with Crippen molar-refractivity contribution in [3.05, 3.63) is 35.6 Å². The molecular weight excluding hydrogens is 382 g/mol. The van der Waals surface area contributed by atoms with Crippen molar-refractivity contribution in [2.45, 2.75) is 56.4 Å². The summed E-state index contributed by atoms with van der Waals surface area (Å²) in [5.41, 5.74) is -3.83. The molecule has 2 fully saturated rings. The van der Waals surface area contributed by atoms with Crippen LogP contribution in [0, 0.1) is 5.82 Å². The molecule has 0 aromatic heterocycles. The number of nitrogens with zero attached hydrogens (tertiary/aromatic N) is 1. The molecule has 0 unspecified atom stereocenters. The van der Waals surface area contributed by atoms with Crippen LogP contribution in [-0.2, 0) is 4.79 Å². The Morgan fingerprint density at radius 2 is 1.64 bits per heavy atom. The van der Waals surface area contributed by atoms with E-state index in [2.05, 4.69) is 0 Å². The number of halogens is 4. The van der Waals surface area contributed by atoms with E-state index in [0.29, 0.717) is 30.6 Å². The number of imide groups is 1. The van der Waals surface area contributed by atoms with E-state index in [1.807, 2.05) is 0 Å². The van der Waals surface area contributed by atoms with Gasteiger partial charge in [-0.05, 0) is 37.1 Å². The summed E-state index contributed by atoms with van der Waals surface area (Å²) in [7, 11) is 0. The fourth-order valence-corrected chi connectivity index (χ4v) is 3.59. The van der Waals surface area contributed by atoms with E-state index >= 15 is 0 Å². The molecule has 0 radical (unpaired) electrons. The Balaban J connectivity index is 1.91. The van der Waals surface area contributed by atoms with Gasteiger partial charge in [0.15, 0.2) is 0 Å². The molecular formula is C18H19F4N3O3. The third-order valence-corrected chi connectivity index (χ3v) is 5.08. The number of hydrogen-bond donors (Lipinski definition) is 2. The maximum absolute atomic E-state index is 13.9. The lowest BCUT2D eigenvalue weighted by atomic mass is 10.0. The van der Waals surface area contributed by atoms with Gasteiger partial charge in [-0.15, -0.1) is 0 Å². The van der Waals surface area contributed by atoms with E-state index in [9.17, 15) is 31.9 Å². The first kappa shape index (κ1) is 20.1. The lowest BCUT2D eigenvalue weighted by Gasteiger charge is -2.31. The smallest absolute Gasteiger partial charge is 0.314 e. The van der Waals surface area contributed by atoms with E-state index in [-0.39, 0.29) is 5.56 Å². The minimum Gasteiger partial charge on any atom is -0.314 e. The van der Waals surface area contributed by atoms with Crippen LogP contribution < -0.4 is 10.6 Å². The summed E-state index contributed by atoms with van der Waals surface area (Å²) >= 11 is 0. The molecule has 3 rings (SSSR count). The summed E-state index contributed by atoms with van der Waals surface area (Å²) in [5, 5.41) is 3.27. The SMILES string of the molecule is O=C(N[C@@]1(C(F)(F)F)NC(=O)N(C2CCCCCC2)C1=O)c1ccc(F)cc1. The molecule has 1 aromatic carbocycles. The Morgan fingerprint density at radius 1 is 1.07 bits per heavy atom. The summed E-state index contributed by atoms with van der Waals surface area (Å²) in [6.07, 6.45) is -1.28. The number of hydrogen-bond acceptors (Lipinski definition) is 3. The van der Waals surface area contributed by atoms with Crippen molar-refractivity contribution in [2.75, 3.05) is 0 Å². The Hall–Kier alpha value is -2.65. The van der Waals surface area contributed by atoms with Crippen LogP contribution in [0.25, 0.3) is 0 Å². The fraction of sp³-hybridized carbons (Fsp3) is 0.500. The van der Waals surface area contributed by atoms with Crippen molar-refractivity contribution >= 4 is 17.8 Å². The van der Waals surface area contributed by atoms with Gasteiger partial charge in [-0.2, -0.15) is 13.2 Å². The molecule has 28 heavy (non-hydrogen) atoms. The van der Waals surface area contributed by atoms with Crippen LogP contribution in [-0.4, -0.2) is 40.6 Å². The average Bonchev–Trinajstić information content (AvgIpc) is 2.80. The predicted octanol–water partition coefficient (Wildman–Crippen LogP) is 3.09. The van der Waals surface area contributed by atoms with Gasteiger partial charge in [0.25, 0.3) is 17.5 Å². The highest BCUT2D eigenvalue weighted by Gasteiger charge is 2.69. The Bertz CT molecular complexity index is 773. The van der Waals surface area contributed by atoms with Gasteiger partial charge in [-0.3, -0.25) is 19.8 Å². The predicted molar refractivity (Wildman–Crippen MR) is 89.5 cm³/mol. The Kier molecular flexibility index (Phi) is 5.31. The van der Waals surface area contributed by atoms with Gasteiger partial charge in [0.1, 0.15) is 5.82 Å². The molecule has 1 aliphatic carbocycles. The van der Waals surface area contributed by atoms with Crippen molar-refractivity contribution in [3.63, 3.8) is 0 Å². The van der Waals surface area contributed by atoms with Gasteiger partial charge in [0, 0.05) is 11.6 Å². The van der Waals surface area contributed by atoms with Crippen LogP contribution in [0.15, 0.2) is 24.3 Å². The molecule has 1 aromatic rings. The van der Waals surface area contributed by atoms with Crippen LogP contribution in [0.3, 0.4) is 0 Å². The molecule has 1 heterocycles. The number of nitrogens with one attached hydrogen (secondary N) is 2. The topological polar surface area (TPSA) is 78.5 Å². The monoisotopic (exact) mass is 401 g/mol. The van der Waals surface area contributed by atoms with Crippen LogP contribution in [0.1, 0.15) is 48.9 Å². The standard InChI is InChI=1S/C18H19F4N3O3/c19-12-9-7-11(8-10-12)14(26)23-17(18(20,21)22)15(27)25(16(28)24-17)13-5-3-1-2-4-6-13/h7-10,13H,1-6H2,(H,23,26)(H,24,28)/t17-/m1/s1. The zero-order valence-electron chi connectivity index (χ0n) is 14.8. The first-order valence-corrected chi connectivity index (χ1v) is 8.96. The van der Waals surface area contributed by atoms with Crippen LogP contribution in [0.5, 0.6) is 0 Å². The Labute approximate surface area is 158 Å². The molecule has 2 aliphatic rings. The largest absolute Gasteiger partial charge is 0.440 e. The summed E-state index contributed by atoms with van der Waals surface area (Å²) in [5.74, 6) is -3.48. The van der Waals surface area contributed by atoms with Gasteiger partial charge < -0.3 is 5.32 Å². The fourth-order valence-electron chi connectivity index (χ4n) is 3.59. The van der Waals surface area contributed by atoms with E-state index in [1.165, 1.54) is 0 Å². The highest BCUT2D eigenvalue weighted by Crippen LogP contribution is 2.36. The molecule has 152 valence electrons. The van der Waals surface area contributed by atoms with Crippen molar-refractivity contribution in [2.24, 2.45) is 0 Å². The molecule has 0 spiro atoms. The molecule has 4 amide bonds. The second kappa shape index (κ2) is 7.40. The van der Waals surface area contributed by atoms with Gasteiger partial charge in [0.2, 0.25) is 0 Å². The van der Waals surface area contributed by atoms with E-state index in [0.717, 1.165) is 37.1 Å². The molecule has 1 aliphatic heterocycles. The normalized spacial score (nSPS) is 24.1. The van der Waals surface area contributed by atoms with Crippen molar-refractivity contribution in [1.29, 1.82) is 0 Å². The van der Waals surface area contributed by atoms with Gasteiger partial charge >= 0.3 is 12.2 Å². The summed E-state index contributed by atoms with van der Waals surface area (Å²) in [4.78, 5) is 38.0. The molecule has 1 saturated heterocycles. The maximum atomic E-state index is 13.9. The molecule has 10 heteroatoms. The first-order valence-electron chi connectivity index (χ1n) is 8.96. The van der Waals surface area contributed by atoms with Crippen LogP contribution in [0.4, 0.5) is 22.4 Å². The van der Waals surface area contributed by atoms with Crippen LogP contribution in [0.2, 0.25) is 0 Å². The number of urea groups is 1. The molecule has 2 N–H and O–H groups in total. The minimum absolute atomic E-state index is 0.278. The van der Waals surface area contributed by atoms with E-state index in [4.69, 9.17) is 0 Å². The first-order chi connectivity index (χ1) is 13.2. The molecule has 0 bridgehead atoms. The Morgan fingerprint density at radius 3 is 2.18 bits per heavy atom. The quantitative estimate of drug-likeness (QED) is 0.464. The molecule has 1 saturated carbocycles. The third-order valence-electron chi connectivity index (χ3n) is 5.08.